The number of benzene rings is 1. The van der Waals surface area contributed by atoms with E-state index in [-0.39, 0.29) is 25.0 Å². The molecule has 104 valence electrons. The summed E-state index contributed by atoms with van der Waals surface area (Å²) in [6.07, 6.45) is -0.358. The Morgan fingerprint density at radius 3 is 2.42 bits per heavy atom. The molecule has 0 unspecified atom stereocenters. The molecule has 5 heteroatoms. The molecule has 0 bridgehead atoms. The Hall–Kier alpha value is -1.91. The number of carbonyl (C=O) groups is 1. The van der Waals surface area contributed by atoms with Gasteiger partial charge in [-0.05, 0) is 39.8 Å². The zero-order valence-electron chi connectivity index (χ0n) is 11.7. The van der Waals surface area contributed by atoms with Crippen molar-refractivity contribution in [3.8, 4) is 17.2 Å². The number of ether oxygens (including phenoxy) is 3. The number of hydrogen-bond donors (Lipinski definition) is 0. The summed E-state index contributed by atoms with van der Waals surface area (Å²) in [4.78, 5) is 13.8. The minimum absolute atomic E-state index is 0.0847. The molecule has 1 aromatic rings. The second-order valence-electron chi connectivity index (χ2n) is 4.98. The summed E-state index contributed by atoms with van der Waals surface area (Å²) in [5, 5.41) is 0. The van der Waals surface area contributed by atoms with Crippen LogP contribution in [0, 0.1) is 0 Å². The highest BCUT2D eigenvalue weighted by molar-refractivity contribution is 5.71. The van der Waals surface area contributed by atoms with Gasteiger partial charge in [0.05, 0.1) is 0 Å². The zero-order chi connectivity index (χ0) is 14.0. The molecule has 0 spiro atoms. The van der Waals surface area contributed by atoms with E-state index >= 15 is 0 Å². The van der Waals surface area contributed by atoms with Crippen molar-refractivity contribution < 1.29 is 19.0 Å². The van der Waals surface area contributed by atoms with E-state index in [4.69, 9.17) is 14.2 Å². The predicted octanol–water partition coefficient (Wildman–Crippen LogP) is 3.03. The van der Waals surface area contributed by atoms with Crippen molar-refractivity contribution in [1.82, 2.24) is 4.90 Å². The highest BCUT2D eigenvalue weighted by Gasteiger charge is 2.23. The fourth-order valence-corrected chi connectivity index (χ4v) is 2.11. The van der Waals surface area contributed by atoms with Gasteiger partial charge in [0.25, 0.3) is 0 Å². The van der Waals surface area contributed by atoms with Gasteiger partial charge in [-0.25, -0.2) is 4.79 Å². The Labute approximate surface area is 113 Å². The molecular weight excluding hydrogens is 246 g/mol. The fourth-order valence-electron chi connectivity index (χ4n) is 2.11. The van der Waals surface area contributed by atoms with Gasteiger partial charge in [0.1, 0.15) is 5.75 Å². The van der Waals surface area contributed by atoms with Gasteiger partial charge in [-0.15, -0.1) is 0 Å². The number of hydrogen-bond acceptors (Lipinski definition) is 4. The van der Waals surface area contributed by atoms with E-state index in [0.717, 1.165) is 0 Å². The Kier molecular flexibility index (Phi) is 3.83. The molecule has 1 aliphatic heterocycles. The minimum Gasteiger partial charge on any atom is -0.454 e. The van der Waals surface area contributed by atoms with Gasteiger partial charge in [0.2, 0.25) is 6.79 Å². The van der Waals surface area contributed by atoms with Crippen LogP contribution in [0.4, 0.5) is 4.79 Å². The first-order valence-electron chi connectivity index (χ1n) is 6.39. The lowest BCUT2D eigenvalue weighted by atomic mass is 10.2. The lowest BCUT2D eigenvalue weighted by Crippen LogP contribution is -2.43. The highest BCUT2D eigenvalue weighted by atomic mass is 16.7. The molecule has 0 saturated carbocycles. The number of carbonyl (C=O) groups excluding carboxylic acids is 1. The molecule has 1 aliphatic rings. The Morgan fingerprint density at radius 2 is 1.79 bits per heavy atom. The van der Waals surface area contributed by atoms with E-state index in [2.05, 4.69) is 0 Å². The van der Waals surface area contributed by atoms with Crippen molar-refractivity contribution >= 4 is 6.09 Å². The Balaban J connectivity index is 2.10. The molecule has 1 aromatic carbocycles. The first kappa shape index (κ1) is 13.5. The topological polar surface area (TPSA) is 48.0 Å². The molecule has 0 aliphatic carbocycles. The molecule has 2 rings (SSSR count). The van der Waals surface area contributed by atoms with Crippen LogP contribution in [0.5, 0.6) is 17.2 Å². The van der Waals surface area contributed by atoms with Gasteiger partial charge in [-0.1, -0.05) is 0 Å². The summed E-state index contributed by atoms with van der Waals surface area (Å²) in [5.74, 6) is 1.73. The molecule has 1 amide bonds. The predicted molar refractivity (Wildman–Crippen MR) is 70.7 cm³/mol. The van der Waals surface area contributed by atoms with Gasteiger partial charge in [-0.3, -0.25) is 0 Å². The molecule has 0 fully saturated rings. The van der Waals surface area contributed by atoms with Crippen molar-refractivity contribution in [2.45, 2.75) is 39.8 Å². The van der Waals surface area contributed by atoms with Gasteiger partial charge < -0.3 is 19.1 Å². The first-order valence-corrected chi connectivity index (χ1v) is 6.39. The lowest BCUT2D eigenvalue weighted by molar-refractivity contribution is 0.122. The quantitative estimate of drug-likeness (QED) is 0.842. The summed E-state index contributed by atoms with van der Waals surface area (Å²) in [5.41, 5.74) is 0. The smallest absolute Gasteiger partial charge is 0.415 e. The SMILES string of the molecule is CC(C)N(C(=O)Oc1ccc2c(c1)OCO2)C(C)C. The van der Waals surface area contributed by atoms with Crippen LogP contribution in [-0.4, -0.2) is 29.9 Å². The number of rotatable bonds is 3. The van der Waals surface area contributed by atoms with Gasteiger partial charge in [0.15, 0.2) is 11.5 Å². The minimum atomic E-state index is -0.358. The number of fused-ring (bicyclic) bond motifs is 1. The van der Waals surface area contributed by atoms with Crippen molar-refractivity contribution in [2.24, 2.45) is 0 Å². The summed E-state index contributed by atoms with van der Waals surface area (Å²) >= 11 is 0. The molecule has 0 atom stereocenters. The van der Waals surface area contributed by atoms with Crippen LogP contribution in [0.1, 0.15) is 27.7 Å². The molecule has 19 heavy (non-hydrogen) atoms. The largest absolute Gasteiger partial charge is 0.454 e. The third-order valence-electron chi connectivity index (χ3n) is 2.87. The monoisotopic (exact) mass is 265 g/mol. The van der Waals surface area contributed by atoms with Gasteiger partial charge >= 0.3 is 6.09 Å². The second-order valence-corrected chi connectivity index (χ2v) is 4.98. The lowest BCUT2D eigenvalue weighted by Gasteiger charge is -2.29. The van der Waals surface area contributed by atoms with Gasteiger partial charge in [-0.2, -0.15) is 0 Å². The zero-order valence-corrected chi connectivity index (χ0v) is 11.7. The fraction of sp³-hybridized carbons (Fsp3) is 0.500. The summed E-state index contributed by atoms with van der Waals surface area (Å²) in [6, 6.07) is 5.27. The van der Waals surface area contributed by atoms with Crippen molar-refractivity contribution in [2.75, 3.05) is 6.79 Å². The van der Waals surface area contributed by atoms with Crippen LogP contribution < -0.4 is 14.2 Å². The normalized spacial score (nSPS) is 12.9. The second kappa shape index (κ2) is 5.38. The maximum Gasteiger partial charge on any atom is 0.415 e. The Bertz CT molecular complexity index is 463. The number of nitrogens with zero attached hydrogens (tertiary/aromatic N) is 1. The van der Waals surface area contributed by atoms with Crippen LogP contribution in [-0.2, 0) is 0 Å². The summed E-state index contributed by atoms with van der Waals surface area (Å²) < 4.78 is 15.8. The summed E-state index contributed by atoms with van der Waals surface area (Å²) in [7, 11) is 0. The van der Waals surface area contributed by atoms with E-state index in [1.165, 1.54) is 0 Å². The maximum atomic E-state index is 12.1. The number of amides is 1. The highest BCUT2D eigenvalue weighted by Crippen LogP contribution is 2.35. The Morgan fingerprint density at radius 1 is 1.16 bits per heavy atom. The molecule has 0 saturated heterocycles. The van der Waals surface area contributed by atoms with Crippen molar-refractivity contribution in [3.05, 3.63) is 18.2 Å². The molecular formula is C14H19NO4. The molecule has 0 aromatic heterocycles. The van der Waals surface area contributed by atoms with Crippen LogP contribution in [0.25, 0.3) is 0 Å². The van der Waals surface area contributed by atoms with E-state index in [1.807, 2.05) is 27.7 Å². The summed E-state index contributed by atoms with van der Waals surface area (Å²) in [6.45, 7) is 8.04. The van der Waals surface area contributed by atoms with E-state index in [0.29, 0.717) is 17.2 Å². The van der Waals surface area contributed by atoms with E-state index in [9.17, 15) is 4.79 Å². The van der Waals surface area contributed by atoms with Crippen LogP contribution in [0.15, 0.2) is 18.2 Å². The van der Waals surface area contributed by atoms with Crippen LogP contribution in [0.2, 0.25) is 0 Å². The van der Waals surface area contributed by atoms with Crippen molar-refractivity contribution in [1.29, 1.82) is 0 Å². The van der Waals surface area contributed by atoms with E-state index < -0.39 is 0 Å². The molecule has 0 radical (unpaired) electrons. The first-order chi connectivity index (χ1) is 8.99. The van der Waals surface area contributed by atoms with E-state index in [1.54, 1.807) is 23.1 Å². The average molecular weight is 265 g/mol. The average Bonchev–Trinajstić information content (AvgIpc) is 2.74. The van der Waals surface area contributed by atoms with Crippen LogP contribution >= 0.6 is 0 Å². The van der Waals surface area contributed by atoms with Crippen LogP contribution in [0.3, 0.4) is 0 Å². The van der Waals surface area contributed by atoms with Gasteiger partial charge in [0, 0.05) is 18.2 Å². The third-order valence-corrected chi connectivity index (χ3v) is 2.87. The molecule has 5 nitrogen and oxygen atoms in total. The molecule has 0 N–H and O–H groups in total. The molecule has 1 heterocycles. The van der Waals surface area contributed by atoms with Crippen molar-refractivity contribution in [3.63, 3.8) is 0 Å². The third kappa shape index (κ3) is 2.92. The standard InChI is InChI=1S/C14H19NO4/c1-9(2)15(10(3)4)14(16)19-11-5-6-12-13(7-11)18-8-17-12/h5-7,9-10H,8H2,1-4H3. The maximum absolute atomic E-state index is 12.1.